The molecule has 0 bridgehead atoms. The van der Waals surface area contributed by atoms with Crippen molar-refractivity contribution in [2.75, 3.05) is 0 Å². The minimum Gasteiger partial charge on any atom is -0.315 e. The Hall–Kier alpha value is -9.34. The van der Waals surface area contributed by atoms with E-state index in [-0.39, 0.29) is 0 Å². The van der Waals surface area contributed by atoms with Crippen molar-refractivity contribution < 1.29 is 0 Å². The van der Waals surface area contributed by atoms with Gasteiger partial charge in [-0.1, -0.05) is 194 Å². The van der Waals surface area contributed by atoms with Gasteiger partial charge in [0.05, 0.1) is 59.7 Å². The Morgan fingerprint density at radius 3 is 1.35 bits per heavy atom. The molecule has 0 amide bonds. The summed E-state index contributed by atoms with van der Waals surface area (Å²) in [7, 11) is 0. The van der Waals surface area contributed by atoms with E-state index in [2.05, 4.69) is 221 Å². The predicted molar refractivity (Wildman–Crippen MR) is 321 cm³/mol. The highest BCUT2D eigenvalue weighted by atomic mass is 32.1. The van der Waals surface area contributed by atoms with Crippen molar-refractivity contribution in [2.45, 2.75) is 0 Å². The molecule has 5 heterocycles. The Morgan fingerprint density at radius 1 is 0.360 bits per heavy atom. The summed E-state index contributed by atoms with van der Waals surface area (Å²) in [6.07, 6.45) is 0. The van der Waals surface area contributed by atoms with Crippen LogP contribution in [0.5, 0.6) is 0 Å². The zero-order valence-corrected chi connectivity index (χ0v) is 42.2. The summed E-state index contributed by atoms with van der Waals surface area (Å²) in [5.41, 5.74) is 12.0. The van der Waals surface area contributed by atoms with Gasteiger partial charge in [0, 0.05) is 79.1 Å². The van der Waals surface area contributed by atoms with Crippen LogP contribution in [0.1, 0.15) is 5.56 Å². The smallest absolute Gasteiger partial charge is 0.221 e. The molecule has 0 spiro atoms. The number of hydrogen-bond donors (Lipinski definition) is 0. The fourth-order valence-corrected chi connectivity index (χ4v) is 16.0. The van der Waals surface area contributed by atoms with Crippen molar-refractivity contribution in [1.29, 1.82) is 5.26 Å². The molecule has 16 aromatic rings. The molecule has 75 heavy (non-hydrogen) atoms. The zero-order valence-electron chi connectivity index (χ0n) is 39.8. The minimum atomic E-state index is 0.421. The molecule has 16 rings (SSSR count). The Bertz CT molecular complexity index is 4990. The van der Waals surface area contributed by atoms with Crippen LogP contribution in [0.2, 0.25) is 0 Å². The standard InChI is InChI=1S/C68H36N4S3/c1-70-60-59(41-21-9-4-10-22-41)65(71-54-26-14-11-23-43(54)47-31-34-52-46-30-29-42(39-17-5-2-6-18-39)37-57(46)75-66(52)62(47)71)58(40-19-7-3-8-20-40)53(38-69)61(60)72-63-48(32-35-50-44-24-12-15-27-55(44)73-67(50)63)49-33-36-51-45-25-13-16-28-56(45)74-68(51)64(49)72/h2-37H. The number of benzene rings is 11. The number of aromatic nitrogens is 2. The Labute approximate surface area is 441 Å². The third kappa shape index (κ3) is 5.89. The van der Waals surface area contributed by atoms with E-state index in [9.17, 15) is 11.8 Å². The van der Waals surface area contributed by atoms with Gasteiger partial charge in [0.15, 0.2) is 0 Å². The van der Waals surface area contributed by atoms with Gasteiger partial charge in [0.2, 0.25) is 5.69 Å². The third-order valence-electron chi connectivity index (χ3n) is 15.4. The number of rotatable bonds is 5. The molecule has 0 unspecified atom stereocenters. The average Bonchev–Trinajstić information content (AvgIpc) is 4.43. The van der Waals surface area contributed by atoms with Crippen molar-refractivity contribution in [1.82, 2.24) is 9.13 Å². The van der Waals surface area contributed by atoms with Gasteiger partial charge in [-0.05, 0) is 46.5 Å². The summed E-state index contributed by atoms with van der Waals surface area (Å²) in [5, 5.41) is 23.8. The Morgan fingerprint density at radius 2 is 0.787 bits per heavy atom. The quantitative estimate of drug-likeness (QED) is 0.158. The van der Waals surface area contributed by atoms with Gasteiger partial charge in [-0.25, -0.2) is 4.85 Å². The number of para-hydroxylation sites is 1. The molecule has 0 saturated carbocycles. The lowest BCUT2D eigenvalue weighted by Gasteiger charge is -2.26. The summed E-state index contributed by atoms with van der Waals surface area (Å²) >= 11 is 5.37. The van der Waals surface area contributed by atoms with Crippen molar-refractivity contribution in [3.63, 3.8) is 0 Å². The summed E-state index contributed by atoms with van der Waals surface area (Å²) in [5.74, 6) is 0. The third-order valence-corrected chi connectivity index (χ3v) is 18.9. The maximum absolute atomic E-state index is 12.4. The fraction of sp³-hybridized carbons (Fsp3) is 0. The SMILES string of the molecule is [C-]#[N+]c1c(-c2ccccc2)c(-n2c3ccccc3c3ccc4c5ccc(-c6ccccc6)cc5sc4c32)c(-c2ccccc2)c(C#N)c1-n1c2c(ccc3c4ccccc4sc32)c2ccc3c4ccccc4sc3c21. The van der Waals surface area contributed by atoms with Crippen LogP contribution < -0.4 is 0 Å². The summed E-state index contributed by atoms with van der Waals surface area (Å²) in [4.78, 5) is 4.75. The lowest BCUT2D eigenvalue weighted by molar-refractivity contribution is 1.15. The van der Waals surface area contributed by atoms with Crippen LogP contribution in [0.3, 0.4) is 0 Å². The molecule has 0 radical (unpaired) electrons. The molecule has 0 saturated heterocycles. The first-order valence-electron chi connectivity index (χ1n) is 24.9. The first kappa shape index (κ1) is 42.2. The Kier molecular flexibility index (Phi) is 9.05. The van der Waals surface area contributed by atoms with Gasteiger partial charge < -0.3 is 9.13 Å². The highest BCUT2D eigenvalue weighted by Gasteiger charge is 2.33. The molecule has 0 fully saturated rings. The lowest BCUT2D eigenvalue weighted by Crippen LogP contribution is -2.08. The van der Waals surface area contributed by atoms with E-state index < -0.39 is 0 Å². The molecule has 0 aliphatic heterocycles. The molecule has 7 heteroatoms. The van der Waals surface area contributed by atoms with E-state index in [0.717, 1.165) is 96.4 Å². The van der Waals surface area contributed by atoms with Crippen LogP contribution >= 0.6 is 34.0 Å². The maximum atomic E-state index is 12.4. The Balaban J connectivity index is 1.15. The molecule has 4 nitrogen and oxygen atoms in total. The first-order valence-corrected chi connectivity index (χ1v) is 27.4. The van der Waals surface area contributed by atoms with Crippen LogP contribution in [-0.4, -0.2) is 9.13 Å². The monoisotopic (exact) mass is 1000 g/mol. The number of nitriles is 1. The number of nitrogens with zero attached hydrogens (tertiary/aromatic N) is 4. The first-order chi connectivity index (χ1) is 37.2. The van der Waals surface area contributed by atoms with Crippen LogP contribution in [0.15, 0.2) is 218 Å². The van der Waals surface area contributed by atoms with E-state index in [1.54, 1.807) is 22.7 Å². The molecular formula is C68H36N4S3. The second kappa shape index (κ2) is 16.1. The van der Waals surface area contributed by atoms with Gasteiger partial charge >= 0.3 is 0 Å². The van der Waals surface area contributed by atoms with Crippen LogP contribution in [0.25, 0.3) is 154 Å². The molecule has 0 aliphatic carbocycles. The zero-order chi connectivity index (χ0) is 49.5. The second-order valence-corrected chi connectivity index (χ2v) is 22.4. The molecule has 0 N–H and O–H groups in total. The largest absolute Gasteiger partial charge is 0.315 e. The summed E-state index contributed by atoms with van der Waals surface area (Å²) in [6.45, 7) is 9.69. The highest BCUT2D eigenvalue weighted by molar-refractivity contribution is 7.27. The van der Waals surface area contributed by atoms with E-state index in [1.807, 2.05) is 23.5 Å². The normalized spacial score (nSPS) is 12.0. The van der Waals surface area contributed by atoms with Crippen LogP contribution in [0.4, 0.5) is 5.69 Å². The van der Waals surface area contributed by atoms with Crippen LogP contribution in [-0.2, 0) is 0 Å². The number of fused-ring (bicyclic) bond motifs is 18. The second-order valence-electron chi connectivity index (χ2n) is 19.2. The van der Waals surface area contributed by atoms with Crippen molar-refractivity contribution in [2.24, 2.45) is 0 Å². The van der Waals surface area contributed by atoms with E-state index in [0.29, 0.717) is 16.9 Å². The van der Waals surface area contributed by atoms with Gasteiger partial charge in [-0.15, -0.1) is 34.0 Å². The molecule has 0 aliphatic rings. The van der Waals surface area contributed by atoms with Gasteiger partial charge in [-0.2, -0.15) is 5.26 Å². The van der Waals surface area contributed by atoms with E-state index >= 15 is 0 Å². The minimum absolute atomic E-state index is 0.421. The van der Waals surface area contributed by atoms with Gasteiger partial charge in [0.25, 0.3) is 0 Å². The fourth-order valence-electron chi connectivity index (χ4n) is 12.2. The number of thiophene rings is 3. The van der Waals surface area contributed by atoms with E-state index in [1.165, 1.54) is 46.8 Å². The average molecular weight is 1010 g/mol. The summed E-state index contributed by atoms with van der Waals surface area (Å²) < 4.78 is 11.7. The maximum Gasteiger partial charge on any atom is 0.221 e. The van der Waals surface area contributed by atoms with Gasteiger partial charge in [0.1, 0.15) is 6.07 Å². The summed E-state index contributed by atoms with van der Waals surface area (Å²) in [6, 6.07) is 80.7. The van der Waals surface area contributed by atoms with Crippen LogP contribution in [0, 0.1) is 17.9 Å². The lowest BCUT2D eigenvalue weighted by atomic mass is 9.88. The van der Waals surface area contributed by atoms with Crippen molar-refractivity contribution in [3.05, 3.63) is 235 Å². The molecule has 0 atom stereocenters. The van der Waals surface area contributed by atoms with Gasteiger partial charge in [-0.3, -0.25) is 0 Å². The number of hydrogen-bond acceptors (Lipinski definition) is 4. The molecule has 346 valence electrons. The topological polar surface area (TPSA) is 38.0 Å². The molecule has 5 aromatic heterocycles. The highest BCUT2D eigenvalue weighted by Crippen LogP contribution is 2.55. The molecule has 11 aromatic carbocycles. The molecular weight excluding hydrogens is 969 g/mol. The van der Waals surface area contributed by atoms with E-state index in [4.69, 9.17) is 4.85 Å². The van der Waals surface area contributed by atoms with Crippen molar-refractivity contribution in [3.8, 4) is 50.8 Å². The predicted octanol–water partition coefficient (Wildman–Crippen LogP) is 20.4. The van der Waals surface area contributed by atoms with Crippen molar-refractivity contribution >= 4 is 144 Å².